The van der Waals surface area contributed by atoms with Gasteiger partial charge in [-0.1, -0.05) is 45.7 Å². The lowest BCUT2D eigenvalue weighted by Crippen LogP contribution is -2.24. The lowest BCUT2D eigenvalue weighted by Gasteiger charge is -2.18. The number of halogens is 1. The zero-order chi connectivity index (χ0) is 14.1. The summed E-state index contributed by atoms with van der Waals surface area (Å²) < 4.78 is 13.2. The normalized spacial score (nSPS) is 12.9. The first-order chi connectivity index (χ1) is 9.11. The third kappa shape index (κ3) is 7.31. The van der Waals surface area contributed by atoms with Crippen molar-refractivity contribution < 1.29 is 4.39 Å². The molecule has 0 fully saturated rings. The molecule has 19 heavy (non-hydrogen) atoms. The Balaban J connectivity index is 2.48. The Bertz CT molecular complexity index is 349. The maximum Gasteiger partial charge on any atom is 0.123 e. The Morgan fingerprint density at radius 2 is 2.00 bits per heavy atom. The van der Waals surface area contributed by atoms with Crippen LogP contribution in [0.3, 0.4) is 0 Å². The largest absolute Gasteiger partial charge is 0.317 e. The number of benzene rings is 1. The van der Waals surface area contributed by atoms with E-state index in [-0.39, 0.29) is 5.82 Å². The molecule has 1 aromatic carbocycles. The van der Waals surface area contributed by atoms with Crippen LogP contribution in [0.25, 0.3) is 0 Å². The predicted octanol–water partition coefficient (Wildman–Crippen LogP) is 4.42. The molecule has 0 aliphatic rings. The highest BCUT2D eigenvalue weighted by Crippen LogP contribution is 2.17. The molecule has 0 aliphatic heterocycles. The van der Waals surface area contributed by atoms with E-state index in [4.69, 9.17) is 0 Å². The molecule has 1 rings (SSSR count). The van der Waals surface area contributed by atoms with E-state index in [9.17, 15) is 4.39 Å². The molecule has 1 aromatic rings. The van der Waals surface area contributed by atoms with Crippen LogP contribution >= 0.6 is 0 Å². The number of nitrogens with one attached hydrogen (secondary N) is 1. The highest BCUT2D eigenvalue weighted by molar-refractivity contribution is 5.16. The van der Waals surface area contributed by atoms with Gasteiger partial charge in [0.1, 0.15) is 5.82 Å². The first-order valence-corrected chi connectivity index (χ1v) is 7.57. The predicted molar refractivity (Wildman–Crippen MR) is 80.8 cm³/mol. The molecule has 108 valence electrons. The van der Waals surface area contributed by atoms with Crippen molar-refractivity contribution in [2.75, 3.05) is 13.1 Å². The lowest BCUT2D eigenvalue weighted by molar-refractivity contribution is 0.410. The average Bonchev–Trinajstić information content (AvgIpc) is 2.35. The summed E-state index contributed by atoms with van der Waals surface area (Å²) in [7, 11) is 0. The molecule has 2 heteroatoms. The molecule has 1 N–H and O–H groups in total. The number of rotatable bonds is 9. The minimum atomic E-state index is -0.123. The van der Waals surface area contributed by atoms with Gasteiger partial charge in [0, 0.05) is 0 Å². The minimum absolute atomic E-state index is 0.123. The van der Waals surface area contributed by atoms with Crippen LogP contribution in [0.4, 0.5) is 4.39 Å². The molecular formula is C17H28FN. The van der Waals surface area contributed by atoms with Gasteiger partial charge < -0.3 is 5.32 Å². The third-order valence-electron chi connectivity index (χ3n) is 3.49. The number of hydrogen-bond acceptors (Lipinski definition) is 1. The van der Waals surface area contributed by atoms with Gasteiger partial charge in [-0.3, -0.25) is 0 Å². The van der Waals surface area contributed by atoms with Crippen molar-refractivity contribution in [1.29, 1.82) is 0 Å². The summed E-state index contributed by atoms with van der Waals surface area (Å²) in [5.41, 5.74) is 1.12. The quantitative estimate of drug-likeness (QED) is 0.697. The Hall–Kier alpha value is -0.890. The zero-order valence-electron chi connectivity index (χ0n) is 12.6. The molecule has 1 unspecified atom stereocenters. The maximum absolute atomic E-state index is 13.2. The van der Waals surface area contributed by atoms with Crippen LogP contribution in [0.15, 0.2) is 24.3 Å². The van der Waals surface area contributed by atoms with Crippen LogP contribution in [-0.2, 0) is 6.42 Å². The summed E-state index contributed by atoms with van der Waals surface area (Å²) in [6.07, 6.45) is 4.75. The summed E-state index contributed by atoms with van der Waals surface area (Å²) in [4.78, 5) is 0. The van der Waals surface area contributed by atoms with Gasteiger partial charge in [-0.25, -0.2) is 4.39 Å². The van der Waals surface area contributed by atoms with Crippen LogP contribution in [0.1, 0.15) is 45.6 Å². The minimum Gasteiger partial charge on any atom is -0.317 e. The van der Waals surface area contributed by atoms with Gasteiger partial charge >= 0.3 is 0 Å². The highest BCUT2D eigenvalue weighted by Gasteiger charge is 2.10. The lowest BCUT2D eigenvalue weighted by atomic mass is 9.92. The summed E-state index contributed by atoms with van der Waals surface area (Å²) in [5.74, 6) is 1.26. The SMILES string of the molecule is CCNCC(CCCC(C)C)Cc1cccc(F)c1. The molecule has 1 atom stereocenters. The fraction of sp³-hybridized carbons (Fsp3) is 0.647. The van der Waals surface area contributed by atoms with E-state index in [0.717, 1.165) is 31.0 Å². The molecule has 0 saturated carbocycles. The third-order valence-corrected chi connectivity index (χ3v) is 3.49. The highest BCUT2D eigenvalue weighted by atomic mass is 19.1. The monoisotopic (exact) mass is 265 g/mol. The van der Waals surface area contributed by atoms with Crippen LogP contribution in [0.5, 0.6) is 0 Å². The van der Waals surface area contributed by atoms with Crippen molar-refractivity contribution in [2.24, 2.45) is 11.8 Å². The molecule has 1 nitrogen and oxygen atoms in total. The first kappa shape index (κ1) is 16.2. The van der Waals surface area contributed by atoms with Gasteiger partial charge in [0.15, 0.2) is 0 Å². The van der Waals surface area contributed by atoms with Crippen molar-refractivity contribution in [1.82, 2.24) is 5.32 Å². The summed E-state index contributed by atoms with van der Waals surface area (Å²) >= 11 is 0. The van der Waals surface area contributed by atoms with Gasteiger partial charge in [-0.05, 0) is 55.5 Å². The standard InChI is InChI=1S/C17H28FN/c1-4-19-13-16(9-5-7-14(2)3)11-15-8-6-10-17(18)12-15/h6,8,10,12,14,16,19H,4-5,7,9,11,13H2,1-3H3. The molecule has 0 bridgehead atoms. The Labute approximate surface area is 117 Å². The second-order valence-corrected chi connectivity index (χ2v) is 5.83. The molecule has 0 heterocycles. The topological polar surface area (TPSA) is 12.0 Å². The van der Waals surface area contributed by atoms with Crippen LogP contribution in [0.2, 0.25) is 0 Å². The fourth-order valence-corrected chi connectivity index (χ4v) is 2.44. The van der Waals surface area contributed by atoms with E-state index < -0.39 is 0 Å². The Morgan fingerprint density at radius 1 is 1.21 bits per heavy atom. The van der Waals surface area contributed by atoms with Gasteiger partial charge in [-0.15, -0.1) is 0 Å². The number of hydrogen-bond donors (Lipinski definition) is 1. The van der Waals surface area contributed by atoms with E-state index in [0.29, 0.717) is 5.92 Å². The molecule has 0 radical (unpaired) electrons. The Kier molecular flexibility index (Phi) is 7.73. The van der Waals surface area contributed by atoms with Crippen molar-refractivity contribution >= 4 is 0 Å². The molecule has 0 saturated heterocycles. The van der Waals surface area contributed by atoms with Crippen molar-refractivity contribution in [3.05, 3.63) is 35.6 Å². The molecule has 0 aromatic heterocycles. The van der Waals surface area contributed by atoms with E-state index in [1.54, 1.807) is 6.07 Å². The summed E-state index contributed by atoms with van der Waals surface area (Å²) in [6.45, 7) is 8.71. The molecule has 0 amide bonds. The van der Waals surface area contributed by atoms with Gasteiger partial charge in [0.05, 0.1) is 0 Å². The average molecular weight is 265 g/mol. The van der Waals surface area contributed by atoms with E-state index in [1.807, 2.05) is 12.1 Å². The summed E-state index contributed by atoms with van der Waals surface area (Å²) in [6, 6.07) is 7.02. The second-order valence-electron chi connectivity index (χ2n) is 5.83. The van der Waals surface area contributed by atoms with E-state index >= 15 is 0 Å². The molecular weight excluding hydrogens is 237 g/mol. The second kappa shape index (κ2) is 9.08. The smallest absolute Gasteiger partial charge is 0.123 e. The van der Waals surface area contributed by atoms with E-state index in [2.05, 4.69) is 26.1 Å². The van der Waals surface area contributed by atoms with Gasteiger partial charge in [0.25, 0.3) is 0 Å². The van der Waals surface area contributed by atoms with Crippen molar-refractivity contribution in [3.8, 4) is 0 Å². The summed E-state index contributed by atoms with van der Waals surface area (Å²) in [5, 5.41) is 3.43. The molecule has 0 spiro atoms. The molecule has 0 aliphatic carbocycles. The maximum atomic E-state index is 13.2. The van der Waals surface area contributed by atoms with Crippen LogP contribution in [0, 0.1) is 17.7 Å². The zero-order valence-corrected chi connectivity index (χ0v) is 12.6. The van der Waals surface area contributed by atoms with Crippen LogP contribution < -0.4 is 5.32 Å². The van der Waals surface area contributed by atoms with Gasteiger partial charge in [0.2, 0.25) is 0 Å². The van der Waals surface area contributed by atoms with E-state index in [1.165, 1.54) is 25.3 Å². The van der Waals surface area contributed by atoms with Crippen molar-refractivity contribution in [2.45, 2.75) is 46.5 Å². The fourth-order valence-electron chi connectivity index (χ4n) is 2.44. The first-order valence-electron chi connectivity index (χ1n) is 7.57. The van der Waals surface area contributed by atoms with Gasteiger partial charge in [-0.2, -0.15) is 0 Å². The van der Waals surface area contributed by atoms with Crippen molar-refractivity contribution in [3.63, 3.8) is 0 Å². The Morgan fingerprint density at radius 3 is 2.63 bits per heavy atom. The van der Waals surface area contributed by atoms with Crippen LogP contribution in [-0.4, -0.2) is 13.1 Å².